The molecule has 1 atom stereocenters. The summed E-state index contributed by atoms with van der Waals surface area (Å²) in [5.41, 5.74) is 0.850. The fraction of sp³-hybridized carbons (Fsp3) is 0.176. The van der Waals surface area contributed by atoms with Crippen molar-refractivity contribution in [1.82, 2.24) is 0 Å². The van der Waals surface area contributed by atoms with Crippen LogP contribution in [0.5, 0.6) is 11.5 Å². The zero-order chi connectivity index (χ0) is 18.8. The van der Waals surface area contributed by atoms with Gasteiger partial charge in [0.25, 0.3) is 11.8 Å². The third kappa shape index (κ3) is 3.27. The number of anilines is 2. The highest BCUT2D eigenvalue weighted by Gasteiger charge is 2.24. The number of carbonyl (C=O) groups is 2. The van der Waals surface area contributed by atoms with E-state index >= 15 is 0 Å². The summed E-state index contributed by atoms with van der Waals surface area (Å²) < 4.78 is 10.4. The van der Waals surface area contributed by atoms with Crippen molar-refractivity contribution in [2.75, 3.05) is 17.7 Å². The zero-order valence-corrected chi connectivity index (χ0v) is 13.9. The van der Waals surface area contributed by atoms with Crippen molar-refractivity contribution in [1.29, 1.82) is 0 Å². The van der Waals surface area contributed by atoms with E-state index in [4.69, 9.17) is 9.47 Å². The van der Waals surface area contributed by atoms with E-state index in [1.165, 1.54) is 25.3 Å². The standard InChI is InChI=1S/C17H15N3O6/c1-9-16(21)19-12-8-11(4-6-14(12)26-9)18-17(22)10-3-5-13(20(23)24)15(7-10)25-2/h3-9H,1-2H3,(H,18,22)(H,19,21). The topological polar surface area (TPSA) is 120 Å². The molecule has 9 heteroatoms. The molecule has 1 unspecified atom stereocenters. The van der Waals surface area contributed by atoms with Crippen LogP contribution >= 0.6 is 0 Å². The maximum atomic E-state index is 12.4. The number of nitrogens with one attached hydrogen (secondary N) is 2. The molecule has 134 valence electrons. The number of nitrogens with zero attached hydrogens (tertiary/aromatic N) is 1. The molecule has 2 aromatic carbocycles. The Hall–Kier alpha value is -3.62. The van der Waals surface area contributed by atoms with E-state index in [2.05, 4.69) is 10.6 Å². The predicted molar refractivity (Wildman–Crippen MR) is 92.8 cm³/mol. The molecule has 3 rings (SSSR count). The Morgan fingerprint density at radius 2 is 2.08 bits per heavy atom. The van der Waals surface area contributed by atoms with E-state index < -0.39 is 16.9 Å². The summed E-state index contributed by atoms with van der Waals surface area (Å²) in [4.78, 5) is 34.4. The van der Waals surface area contributed by atoms with Crippen molar-refractivity contribution in [3.05, 3.63) is 52.1 Å². The van der Waals surface area contributed by atoms with Crippen LogP contribution in [0.3, 0.4) is 0 Å². The van der Waals surface area contributed by atoms with Crippen LogP contribution in [0, 0.1) is 10.1 Å². The number of rotatable bonds is 4. The number of methoxy groups -OCH3 is 1. The second-order valence-electron chi connectivity index (χ2n) is 5.56. The first kappa shape index (κ1) is 17.2. The van der Waals surface area contributed by atoms with Crippen LogP contribution in [0.4, 0.5) is 17.1 Å². The van der Waals surface area contributed by atoms with Crippen molar-refractivity contribution < 1.29 is 24.0 Å². The third-order valence-corrected chi connectivity index (χ3v) is 3.81. The molecule has 0 aliphatic carbocycles. The first-order valence-electron chi connectivity index (χ1n) is 7.64. The van der Waals surface area contributed by atoms with Crippen LogP contribution in [0.15, 0.2) is 36.4 Å². The summed E-state index contributed by atoms with van der Waals surface area (Å²) in [7, 11) is 1.29. The minimum Gasteiger partial charge on any atom is -0.490 e. The number of hydrogen-bond donors (Lipinski definition) is 2. The van der Waals surface area contributed by atoms with E-state index in [9.17, 15) is 19.7 Å². The van der Waals surface area contributed by atoms with Crippen LogP contribution in [0.25, 0.3) is 0 Å². The van der Waals surface area contributed by atoms with Gasteiger partial charge in [0.2, 0.25) is 0 Å². The summed E-state index contributed by atoms with van der Waals surface area (Å²) in [6, 6.07) is 8.66. The molecule has 0 bridgehead atoms. The molecule has 2 amide bonds. The molecule has 2 aromatic rings. The molecule has 9 nitrogen and oxygen atoms in total. The SMILES string of the molecule is COc1cc(C(=O)Nc2ccc3c(c2)NC(=O)C(C)O3)ccc1[N+](=O)[O-]. The summed E-state index contributed by atoms with van der Waals surface area (Å²) in [5, 5.41) is 16.3. The summed E-state index contributed by atoms with van der Waals surface area (Å²) in [6.07, 6.45) is -0.587. The van der Waals surface area contributed by atoms with Crippen LogP contribution in [0.1, 0.15) is 17.3 Å². The smallest absolute Gasteiger partial charge is 0.310 e. The quantitative estimate of drug-likeness (QED) is 0.641. The van der Waals surface area contributed by atoms with Gasteiger partial charge >= 0.3 is 5.69 Å². The van der Waals surface area contributed by atoms with E-state index in [1.54, 1.807) is 25.1 Å². The molecule has 2 N–H and O–H groups in total. The van der Waals surface area contributed by atoms with Crippen LogP contribution in [-0.2, 0) is 4.79 Å². The van der Waals surface area contributed by atoms with Gasteiger partial charge in [0, 0.05) is 23.4 Å². The summed E-state index contributed by atoms with van der Waals surface area (Å²) >= 11 is 0. The normalized spacial score (nSPS) is 15.3. The molecule has 0 saturated carbocycles. The fourth-order valence-electron chi connectivity index (χ4n) is 2.46. The van der Waals surface area contributed by atoms with Gasteiger partial charge in [-0.25, -0.2) is 0 Å². The lowest BCUT2D eigenvalue weighted by Crippen LogP contribution is -2.34. The van der Waals surface area contributed by atoms with Gasteiger partial charge in [0.1, 0.15) is 5.75 Å². The average molecular weight is 357 g/mol. The van der Waals surface area contributed by atoms with Gasteiger partial charge in [-0.05, 0) is 31.2 Å². The van der Waals surface area contributed by atoms with Crippen LogP contribution in [0.2, 0.25) is 0 Å². The number of hydrogen-bond acceptors (Lipinski definition) is 6. The molecule has 1 heterocycles. The number of benzene rings is 2. The van der Waals surface area contributed by atoms with Gasteiger partial charge in [-0.1, -0.05) is 0 Å². The maximum Gasteiger partial charge on any atom is 0.310 e. The van der Waals surface area contributed by atoms with E-state index in [1.807, 2.05) is 0 Å². The number of amides is 2. The monoisotopic (exact) mass is 357 g/mol. The minimum atomic E-state index is -0.590. The van der Waals surface area contributed by atoms with Crippen LogP contribution < -0.4 is 20.1 Å². The third-order valence-electron chi connectivity index (χ3n) is 3.81. The van der Waals surface area contributed by atoms with Crippen molar-refractivity contribution in [2.45, 2.75) is 13.0 Å². The highest BCUT2D eigenvalue weighted by atomic mass is 16.6. The van der Waals surface area contributed by atoms with Gasteiger partial charge in [-0.2, -0.15) is 0 Å². The lowest BCUT2D eigenvalue weighted by atomic mass is 10.1. The van der Waals surface area contributed by atoms with E-state index in [-0.39, 0.29) is 22.9 Å². The van der Waals surface area contributed by atoms with Crippen molar-refractivity contribution >= 4 is 28.9 Å². The molecule has 0 fully saturated rings. The molecular formula is C17H15N3O6. The molecule has 26 heavy (non-hydrogen) atoms. The molecule has 0 spiro atoms. The first-order chi connectivity index (χ1) is 12.4. The number of fused-ring (bicyclic) bond motifs is 1. The zero-order valence-electron chi connectivity index (χ0n) is 13.9. The van der Waals surface area contributed by atoms with Crippen molar-refractivity contribution in [3.63, 3.8) is 0 Å². The number of nitro benzene ring substituents is 1. The maximum absolute atomic E-state index is 12.4. The predicted octanol–water partition coefficient (Wildman–Crippen LogP) is 2.58. The second kappa shape index (κ2) is 6.71. The first-order valence-corrected chi connectivity index (χ1v) is 7.64. The Morgan fingerprint density at radius 1 is 1.31 bits per heavy atom. The highest BCUT2D eigenvalue weighted by Crippen LogP contribution is 2.32. The molecule has 1 aliphatic rings. The van der Waals surface area contributed by atoms with E-state index in [0.29, 0.717) is 17.1 Å². The largest absolute Gasteiger partial charge is 0.490 e. The number of ether oxygens (including phenoxy) is 2. The molecule has 0 aromatic heterocycles. The fourth-order valence-corrected chi connectivity index (χ4v) is 2.46. The van der Waals surface area contributed by atoms with Gasteiger partial charge in [0.05, 0.1) is 17.7 Å². The molecule has 0 saturated heterocycles. The summed E-state index contributed by atoms with van der Waals surface area (Å²) in [5.74, 6) is -0.259. The summed E-state index contributed by atoms with van der Waals surface area (Å²) in [6.45, 7) is 1.63. The van der Waals surface area contributed by atoms with Gasteiger partial charge < -0.3 is 20.1 Å². The Kier molecular flexibility index (Phi) is 4.44. The Morgan fingerprint density at radius 3 is 2.77 bits per heavy atom. The minimum absolute atomic E-state index is 0.0114. The van der Waals surface area contributed by atoms with Gasteiger partial charge in [-0.15, -0.1) is 0 Å². The highest BCUT2D eigenvalue weighted by molar-refractivity contribution is 6.05. The van der Waals surface area contributed by atoms with Crippen LogP contribution in [-0.4, -0.2) is 30.0 Å². The van der Waals surface area contributed by atoms with E-state index in [0.717, 1.165) is 0 Å². The molecular weight excluding hydrogens is 342 g/mol. The van der Waals surface area contributed by atoms with Gasteiger partial charge in [-0.3, -0.25) is 19.7 Å². The number of nitro groups is 1. The average Bonchev–Trinajstić information content (AvgIpc) is 2.62. The van der Waals surface area contributed by atoms with Gasteiger partial charge in [0.15, 0.2) is 11.9 Å². The number of carbonyl (C=O) groups excluding carboxylic acids is 2. The van der Waals surface area contributed by atoms with Crippen molar-refractivity contribution in [3.8, 4) is 11.5 Å². The Balaban J connectivity index is 1.81. The second-order valence-corrected chi connectivity index (χ2v) is 5.56. The Labute approximate surface area is 148 Å². The lowest BCUT2D eigenvalue weighted by Gasteiger charge is -2.23. The van der Waals surface area contributed by atoms with Crippen molar-refractivity contribution in [2.24, 2.45) is 0 Å². The lowest BCUT2D eigenvalue weighted by molar-refractivity contribution is -0.385. The molecule has 1 aliphatic heterocycles. The molecule has 0 radical (unpaired) electrons. The Bertz CT molecular complexity index is 911.